The fourth-order valence-electron chi connectivity index (χ4n) is 2.47. The minimum Gasteiger partial charge on any atom is -0.467 e. The Morgan fingerprint density at radius 3 is 2.96 bits per heavy atom. The van der Waals surface area contributed by atoms with Gasteiger partial charge in [-0.1, -0.05) is 30.0 Å². The van der Waals surface area contributed by atoms with Gasteiger partial charge in [0, 0.05) is 23.2 Å². The molecule has 28 heavy (non-hydrogen) atoms. The van der Waals surface area contributed by atoms with Crippen molar-refractivity contribution in [1.29, 1.82) is 0 Å². The molecule has 0 aromatic carbocycles. The molecule has 1 saturated heterocycles. The number of carbonyl (C=O) groups is 3. The SMILES string of the molecule is COC(=O)C(Cc1cnc[nH]1)NC(=O)CN1C(=O)C(=Cc2cccs2)SC1=S. The zero-order valence-electron chi connectivity index (χ0n) is 14.7. The Balaban J connectivity index is 1.65. The van der Waals surface area contributed by atoms with E-state index >= 15 is 0 Å². The maximum absolute atomic E-state index is 12.6. The summed E-state index contributed by atoms with van der Waals surface area (Å²) in [6, 6.07) is 2.87. The van der Waals surface area contributed by atoms with E-state index in [0.29, 0.717) is 14.9 Å². The highest BCUT2D eigenvalue weighted by molar-refractivity contribution is 8.26. The largest absolute Gasteiger partial charge is 0.467 e. The zero-order chi connectivity index (χ0) is 20.1. The number of nitrogens with zero attached hydrogens (tertiary/aromatic N) is 2. The van der Waals surface area contributed by atoms with E-state index in [9.17, 15) is 14.4 Å². The lowest BCUT2D eigenvalue weighted by Gasteiger charge is -2.18. The van der Waals surface area contributed by atoms with Gasteiger partial charge in [-0.2, -0.15) is 0 Å². The van der Waals surface area contributed by atoms with Crippen LogP contribution in [0.3, 0.4) is 0 Å². The van der Waals surface area contributed by atoms with Crippen molar-refractivity contribution in [1.82, 2.24) is 20.2 Å². The quantitative estimate of drug-likeness (QED) is 0.386. The first-order valence-corrected chi connectivity index (χ1v) is 10.2. The van der Waals surface area contributed by atoms with Crippen LogP contribution >= 0.6 is 35.3 Å². The smallest absolute Gasteiger partial charge is 0.328 e. The number of amides is 2. The molecule has 1 fully saturated rings. The van der Waals surface area contributed by atoms with Gasteiger partial charge in [-0.05, 0) is 17.5 Å². The summed E-state index contributed by atoms with van der Waals surface area (Å²) in [6.45, 7) is -0.275. The normalized spacial score (nSPS) is 16.5. The van der Waals surface area contributed by atoms with E-state index in [1.807, 2.05) is 17.5 Å². The van der Waals surface area contributed by atoms with Crippen molar-refractivity contribution < 1.29 is 19.1 Å². The van der Waals surface area contributed by atoms with Crippen LogP contribution in [0.25, 0.3) is 6.08 Å². The number of thioether (sulfide) groups is 1. The highest BCUT2D eigenvalue weighted by Crippen LogP contribution is 2.33. The van der Waals surface area contributed by atoms with Crippen LogP contribution in [0, 0.1) is 0 Å². The number of esters is 1. The van der Waals surface area contributed by atoms with Crippen LogP contribution < -0.4 is 5.32 Å². The second kappa shape index (κ2) is 9.13. The molecule has 8 nitrogen and oxygen atoms in total. The van der Waals surface area contributed by atoms with E-state index in [1.54, 1.807) is 12.3 Å². The molecule has 1 aliphatic heterocycles. The monoisotopic (exact) mass is 436 g/mol. The lowest BCUT2D eigenvalue weighted by molar-refractivity contribution is -0.145. The first kappa shape index (κ1) is 20.2. The Labute approximate surface area is 174 Å². The Morgan fingerprint density at radius 1 is 1.50 bits per heavy atom. The van der Waals surface area contributed by atoms with E-state index in [2.05, 4.69) is 15.3 Å². The molecular formula is C17H16N4O4S3. The highest BCUT2D eigenvalue weighted by Gasteiger charge is 2.34. The number of aromatic nitrogens is 2. The van der Waals surface area contributed by atoms with Gasteiger partial charge in [0.2, 0.25) is 5.91 Å². The molecule has 11 heteroatoms. The van der Waals surface area contributed by atoms with Gasteiger partial charge in [0.15, 0.2) is 0 Å². The van der Waals surface area contributed by atoms with E-state index in [4.69, 9.17) is 17.0 Å². The van der Waals surface area contributed by atoms with Crippen LogP contribution in [-0.4, -0.2) is 56.7 Å². The topological polar surface area (TPSA) is 104 Å². The summed E-state index contributed by atoms with van der Waals surface area (Å²) in [5.41, 5.74) is 0.667. The summed E-state index contributed by atoms with van der Waals surface area (Å²) in [5.74, 6) is -1.43. The number of methoxy groups -OCH3 is 1. The van der Waals surface area contributed by atoms with Gasteiger partial charge in [0.05, 0.1) is 18.3 Å². The average Bonchev–Trinajstić information content (AvgIpc) is 3.41. The summed E-state index contributed by atoms with van der Waals surface area (Å²) in [4.78, 5) is 46.4. The van der Waals surface area contributed by atoms with Crippen LogP contribution in [0.5, 0.6) is 0 Å². The molecule has 146 valence electrons. The molecule has 1 atom stereocenters. The van der Waals surface area contributed by atoms with Crippen LogP contribution in [0.4, 0.5) is 0 Å². The van der Waals surface area contributed by atoms with Gasteiger partial charge in [-0.15, -0.1) is 11.3 Å². The van der Waals surface area contributed by atoms with Gasteiger partial charge in [0.25, 0.3) is 5.91 Å². The molecule has 0 radical (unpaired) electrons. The van der Waals surface area contributed by atoms with Crippen molar-refractivity contribution in [2.75, 3.05) is 13.7 Å². The van der Waals surface area contributed by atoms with E-state index < -0.39 is 17.9 Å². The Bertz CT molecular complexity index is 909. The lowest BCUT2D eigenvalue weighted by Crippen LogP contribution is -2.47. The molecule has 2 aromatic rings. The number of thiocarbonyl (C=S) groups is 1. The highest BCUT2D eigenvalue weighted by atomic mass is 32.2. The second-order valence-corrected chi connectivity index (χ2v) is 8.36. The maximum atomic E-state index is 12.6. The molecule has 2 amide bonds. The summed E-state index contributed by atoms with van der Waals surface area (Å²) in [7, 11) is 1.24. The molecule has 0 bridgehead atoms. The third kappa shape index (κ3) is 4.86. The van der Waals surface area contributed by atoms with Gasteiger partial charge in [0.1, 0.15) is 16.9 Å². The van der Waals surface area contributed by atoms with Crippen LogP contribution in [0.15, 0.2) is 34.9 Å². The first-order chi connectivity index (χ1) is 13.5. The molecule has 0 saturated carbocycles. The predicted octanol–water partition coefficient (Wildman–Crippen LogP) is 1.57. The summed E-state index contributed by atoms with van der Waals surface area (Å²) >= 11 is 7.88. The fourth-order valence-corrected chi connectivity index (χ4v) is 4.45. The molecule has 0 spiro atoms. The number of H-pyrrole nitrogens is 1. The minimum absolute atomic E-state index is 0.190. The van der Waals surface area contributed by atoms with Gasteiger partial charge < -0.3 is 15.0 Å². The minimum atomic E-state index is -0.905. The molecule has 1 unspecified atom stereocenters. The molecule has 1 aliphatic rings. The third-order valence-corrected chi connectivity index (χ3v) is 5.99. The molecule has 3 rings (SSSR count). The van der Waals surface area contributed by atoms with Crippen molar-refractivity contribution in [2.45, 2.75) is 12.5 Å². The summed E-state index contributed by atoms with van der Waals surface area (Å²) in [6.07, 6.45) is 4.97. The van der Waals surface area contributed by atoms with E-state index in [-0.39, 0.29) is 18.9 Å². The Morgan fingerprint density at radius 2 is 2.32 bits per heavy atom. The van der Waals surface area contributed by atoms with E-state index in [1.165, 1.54) is 29.7 Å². The van der Waals surface area contributed by atoms with Gasteiger partial charge in [-0.3, -0.25) is 14.5 Å². The van der Waals surface area contributed by atoms with Crippen LogP contribution in [0.2, 0.25) is 0 Å². The summed E-state index contributed by atoms with van der Waals surface area (Å²) in [5, 5.41) is 4.50. The summed E-state index contributed by atoms with van der Waals surface area (Å²) < 4.78 is 5.04. The third-order valence-electron chi connectivity index (χ3n) is 3.79. The number of hydrogen-bond acceptors (Lipinski definition) is 8. The molecule has 3 heterocycles. The molecule has 2 aromatic heterocycles. The van der Waals surface area contributed by atoms with Crippen LogP contribution in [-0.2, 0) is 25.5 Å². The Kier molecular flexibility index (Phi) is 6.60. The number of hydrogen-bond donors (Lipinski definition) is 2. The average molecular weight is 437 g/mol. The van der Waals surface area contributed by atoms with Gasteiger partial charge >= 0.3 is 5.97 Å². The van der Waals surface area contributed by atoms with Crippen LogP contribution in [0.1, 0.15) is 10.6 Å². The fraction of sp³-hybridized carbons (Fsp3) is 0.235. The number of rotatable bonds is 7. The van der Waals surface area contributed by atoms with Crippen molar-refractivity contribution in [2.24, 2.45) is 0 Å². The van der Waals surface area contributed by atoms with E-state index in [0.717, 1.165) is 16.6 Å². The number of carbonyl (C=O) groups excluding carboxylic acids is 3. The number of nitrogens with one attached hydrogen (secondary N) is 2. The first-order valence-electron chi connectivity index (χ1n) is 8.11. The maximum Gasteiger partial charge on any atom is 0.328 e. The predicted molar refractivity (Wildman–Crippen MR) is 110 cm³/mol. The lowest BCUT2D eigenvalue weighted by atomic mass is 10.1. The number of imidazole rings is 1. The molecule has 2 N–H and O–H groups in total. The number of aromatic amines is 1. The van der Waals surface area contributed by atoms with Crippen molar-refractivity contribution >= 4 is 63.5 Å². The van der Waals surface area contributed by atoms with Crippen molar-refractivity contribution in [3.63, 3.8) is 0 Å². The van der Waals surface area contributed by atoms with Crippen molar-refractivity contribution in [3.05, 3.63) is 45.5 Å². The second-order valence-electron chi connectivity index (χ2n) is 5.71. The Hall–Kier alpha value is -2.50. The standard InChI is InChI=1S/C17H16N4O4S3/c1-25-16(24)12(5-10-7-18-9-19-10)20-14(22)8-21-15(23)13(28-17(21)26)6-11-3-2-4-27-11/h2-4,6-7,9,12H,5,8H2,1H3,(H,18,19)(H,20,22). The zero-order valence-corrected chi connectivity index (χ0v) is 17.2. The molecule has 0 aliphatic carbocycles. The van der Waals surface area contributed by atoms with Gasteiger partial charge in [-0.25, -0.2) is 9.78 Å². The number of ether oxygens (including phenoxy) is 1. The number of thiophene rings is 1. The molecular weight excluding hydrogens is 420 g/mol. The van der Waals surface area contributed by atoms with Crippen molar-refractivity contribution in [3.8, 4) is 0 Å².